The van der Waals surface area contributed by atoms with Crippen LogP contribution in [0.15, 0.2) is 55.1 Å². The number of rotatable bonds is 6. The zero-order valence-electron chi connectivity index (χ0n) is 12.4. The van der Waals surface area contributed by atoms with Gasteiger partial charge in [-0.1, -0.05) is 41.9 Å². The standard InChI is InChI=1S/C18H18ClNO2/c1-3-6-14-7-4-5-8-17(14)22-12-18(21)20-16-10-9-13(2)11-15(16)19/h3-5,7-11H,1,6,12H2,2H3,(H,20,21). The Labute approximate surface area is 135 Å². The Hall–Kier alpha value is -2.26. The van der Waals surface area contributed by atoms with Crippen molar-refractivity contribution in [3.8, 4) is 5.75 Å². The molecule has 2 rings (SSSR count). The first-order chi connectivity index (χ1) is 10.6. The van der Waals surface area contributed by atoms with Crippen LogP contribution in [-0.2, 0) is 11.2 Å². The van der Waals surface area contributed by atoms with Gasteiger partial charge in [0.25, 0.3) is 5.91 Å². The van der Waals surface area contributed by atoms with E-state index in [9.17, 15) is 4.79 Å². The molecule has 0 aliphatic rings. The number of hydrogen-bond donors (Lipinski definition) is 1. The largest absolute Gasteiger partial charge is 0.483 e. The number of halogens is 1. The molecule has 22 heavy (non-hydrogen) atoms. The van der Waals surface area contributed by atoms with Crippen LogP contribution in [0.2, 0.25) is 5.02 Å². The van der Waals surface area contributed by atoms with Crippen LogP contribution >= 0.6 is 11.6 Å². The minimum absolute atomic E-state index is 0.0711. The Kier molecular flexibility index (Phi) is 5.61. The molecule has 0 unspecified atom stereocenters. The van der Waals surface area contributed by atoms with Crippen molar-refractivity contribution in [3.05, 3.63) is 71.3 Å². The lowest BCUT2D eigenvalue weighted by atomic mass is 10.1. The molecule has 1 N–H and O–H groups in total. The van der Waals surface area contributed by atoms with Gasteiger partial charge in [0, 0.05) is 0 Å². The highest BCUT2D eigenvalue weighted by molar-refractivity contribution is 6.33. The van der Waals surface area contributed by atoms with Crippen molar-refractivity contribution in [1.82, 2.24) is 0 Å². The lowest BCUT2D eigenvalue weighted by Crippen LogP contribution is -2.20. The van der Waals surface area contributed by atoms with Crippen LogP contribution in [-0.4, -0.2) is 12.5 Å². The van der Waals surface area contributed by atoms with Crippen molar-refractivity contribution >= 4 is 23.2 Å². The number of aryl methyl sites for hydroxylation is 1. The monoisotopic (exact) mass is 315 g/mol. The molecule has 0 aromatic heterocycles. The molecule has 0 saturated carbocycles. The van der Waals surface area contributed by atoms with Crippen molar-refractivity contribution in [2.75, 3.05) is 11.9 Å². The van der Waals surface area contributed by atoms with Gasteiger partial charge in [-0.15, -0.1) is 6.58 Å². The number of anilines is 1. The zero-order chi connectivity index (χ0) is 15.9. The predicted octanol–water partition coefficient (Wildman–Crippen LogP) is 4.39. The average Bonchev–Trinajstić information content (AvgIpc) is 2.49. The molecule has 0 saturated heterocycles. The van der Waals surface area contributed by atoms with Crippen molar-refractivity contribution in [2.45, 2.75) is 13.3 Å². The van der Waals surface area contributed by atoms with Crippen molar-refractivity contribution in [1.29, 1.82) is 0 Å². The average molecular weight is 316 g/mol. The molecule has 3 nitrogen and oxygen atoms in total. The van der Waals surface area contributed by atoms with Gasteiger partial charge in [-0.3, -0.25) is 4.79 Å². The normalized spacial score (nSPS) is 10.1. The lowest BCUT2D eigenvalue weighted by Gasteiger charge is -2.11. The highest BCUT2D eigenvalue weighted by Crippen LogP contribution is 2.23. The van der Waals surface area contributed by atoms with Gasteiger partial charge in [-0.05, 0) is 42.7 Å². The first kappa shape index (κ1) is 16.1. The summed E-state index contributed by atoms with van der Waals surface area (Å²) in [5.74, 6) is 0.437. The third-order valence-corrected chi connectivity index (χ3v) is 3.41. The number of benzene rings is 2. The summed E-state index contributed by atoms with van der Waals surface area (Å²) in [6.45, 7) is 5.59. The van der Waals surface area contributed by atoms with E-state index in [1.807, 2.05) is 37.3 Å². The summed E-state index contributed by atoms with van der Waals surface area (Å²) in [4.78, 5) is 12.0. The maximum Gasteiger partial charge on any atom is 0.262 e. The van der Waals surface area contributed by atoms with Crippen molar-refractivity contribution in [3.63, 3.8) is 0 Å². The van der Waals surface area contributed by atoms with Gasteiger partial charge >= 0.3 is 0 Å². The highest BCUT2D eigenvalue weighted by atomic mass is 35.5. The predicted molar refractivity (Wildman–Crippen MR) is 90.7 cm³/mol. The smallest absolute Gasteiger partial charge is 0.262 e. The van der Waals surface area contributed by atoms with E-state index in [1.165, 1.54) is 0 Å². The number of carbonyl (C=O) groups is 1. The minimum Gasteiger partial charge on any atom is -0.483 e. The van der Waals surface area contributed by atoms with E-state index in [1.54, 1.807) is 18.2 Å². The number of hydrogen-bond acceptors (Lipinski definition) is 2. The maximum atomic E-state index is 12.0. The van der Waals surface area contributed by atoms with Gasteiger partial charge in [0.2, 0.25) is 0 Å². The van der Waals surface area contributed by atoms with Gasteiger partial charge in [0.15, 0.2) is 6.61 Å². The molecule has 0 heterocycles. The minimum atomic E-state index is -0.251. The first-order valence-corrected chi connectivity index (χ1v) is 7.35. The molecule has 0 spiro atoms. The third-order valence-electron chi connectivity index (χ3n) is 3.09. The molecular formula is C18H18ClNO2. The molecule has 0 fully saturated rings. The zero-order valence-corrected chi connectivity index (χ0v) is 13.2. The summed E-state index contributed by atoms with van der Waals surface area (Å²) in [7, 11) is 0. The summed E-state index contributed by atoms with van der Waals surface area (Å²) in [6.07, 6.45) is 2.50. The van der Waals surface area contributed by atoms with E-state index >= 15 is 0 Å². The Morgan fingerprint density at radius 3 is 2.82 bits per heavy atom. The number of amides is 1. The first-order valence-electron chi connectivity index (χ1n) is 6.97. The third kappa shape index (κ3) is 4.37. The quantitative estimate of drug-likeness (QED) is 0.803. The summed E-state index contributed by atoms with van der Waals surface area (Å²) in [5, 5.41) is 3.26. The van der Waals surface area contributed by atoms with E-state index in [2.05, 4.69) is 11.9 Å². The summed E-state index contributed by atoms with van der Waals surface area (Å²) in [5.41, 5.74) is 2.62. The number of carbonyl (C=O) groups excluding carboxylic acids is 1. The second-order valence-electron chi connectivity index (χ2n) is 4.92. The van der Waals surface area contributed by atoms with E-state index < -0.39 is 0 Å². The van der Waals surface area contributed by atoms with E-state index in [-0.39, 0.29) is 12.5 Å². The van der Waals surface area contributed by atoms with Gasteiger partial charge in [0.05, 0.1) is 10.7 Å². The Balaban J connectivity index is 1.97. The van der Waals surface area contributed by atoms with Gasteiger partial charge in [-0.25, -0.2) is 0 Å². The van der Waals surface area contributed by atoms with Crippen molar-refractivity contribution in [2.24, 2.45) is 0 Å². The van der Waals surface area contributed by atoms with Crippen LogP contribution in [0.25, 0.3) is 0 Å². The van der Waals surface area contributed by atoms with Gasteiger partial charge < -0.3 is 10.1 Å². The highest BCUT2D eigenvalue weighted by Gasteiger charge is 2.08. The Morgan fingerprint density at radius 1 is 1.32 bits per heavy atom. The SMILES string of the molecule is C=CCc1ccccc1OCC(=O)Nc1ccc(C)cc1Cl. The van der Waals surface area contributed by atoms with E-state index in [0.717, 1.165) is 11.1 Å². The van der Waals surface area contributed by atoms with Crippen LogP contribution in [0.1, 0.15) is 11.1 Å². The molecule has 2 aromatic rings. The molecular weight excluding hydrogens is 298 g/mol. The van der Waals surface area contributed by atoms with Crippen LogP contribution in [0.4, 0.5) is 5.69 Å². The fraction of sp³-hybridized carbons (Fsp3) is 0.167. The Morgan fingerprint density at radius 2 is 2.09 bits per heavy atom. The second kappa shape index (κ2) is 7.66. The summed E-state index contributed by atoms with van der Waals surface area (Å²) in [6, 6.07) is 13.1. The molecule has 0 aliphatic carbocycles. The molecule has 0 aliphatic heterocycles. The molecule has 2 aromatic carbocycles. The topological polar surface area (TPSA) is 38.3 Å². The van der Waals surface area contributed by atoms with E-state index in [0.29, 0.717) is 22.9 Å². The van der Waals surface area contributed by atoms with Gasteiger partial charge in [0.1, 0.15) is 5.75 Å². The van der Waals surface area contributed by atoms with Crippen LogP contribution in [0.5, 0.6) is 5.75 Å². The van der Waals surface area contributed by atoms with Crippen LogP contribution < -0.4 is 10.1 Å². The molecule has 0 bridgehead atoms. The second-order valence-corrected chi connectivity index (χ2v) is 5.33. The molecule has 4 heteroatoms. The van der Waals surface area contributed by atoms with Crippen molar-refractivity contribution < 1.29 is 9.53 Å². The fourth-order valence-corrected chi connectivity index (χ4v) is 2.30. The number of ether oxygens (including phenoxy) is 1. The Bertz CT molecular complexity index is 683. The number of allylic oxidation sites excluding steroid dienone is 1. The maximum absolute atomic E-state index is 12.0. The fourth-order valence-electron chi connectivity index (χ4n) is 2.02. The molecule has 114 valence electrons. The summed E-state index contributed by atoms with van der Waals surface area (Å²) >= 11 is 6.09. The molecule has 0 radical (unpaired) electrons. The van der Waals surface area contributed by atoms with Gasteiger partial charge in [-0.2, -0.15) is 0 Å². The van der Waals surface area contributed by atoms with Crippen LogP contribution in [0.3, 0.4) is 0 Å². The number of nitrogens with one attached hydrogen (secondary N) is 1. The number of para-hydroxylation sites is 1. The molecule has 0 atom stereocenters. The van der Waals surface area contributed by atoms with Crippen LogP contribution in [0, 0.1) is 6.92 Å². The lowest BCUT2D eigenvalue weighted by molar-refractivity contribution is -0.118. The molecule has 1 amide bonds. The summed E-state index contributed by atoms with van der Waals surface area (Å²) < 4.78 is 5.58. The van der Waals surface area contributed by atoms with E-state index in [4.69, 9.17) is 16.3 Å².